The Kier molecular flexibility index (Phi) is 5.41. The number of nitrogens with zero attached hydrogens (tertiary/aromatic N) is 4. The average molecular weight is 437 g/mol. The monoisotopic (exact) mass is 437 g/mol. The molecule has 11 heteroatoms. The third-order valence-corrected chi connectivity index (χ3v) is 5.25. The summed E-state index contributed by atoms with van der Waals surface area (Å²) in [5.41, 5.74) is 6.23. The second-order valence-electron chi connectivity index (χ2n) is 6.65. The summed E-state index contributed by atoms with van der Waals surface area (Å²) in [4.78, 5) is 27.0. The quantitative estimate of drug-likeness (QED) is 0.206. The molecule has 0 aliphatic carbocycles. The SMILES string of the molecule is C/C(=N\Nc1nc(-c2c(=O)o[nH][n+]2-c2ccc(C)cc2)cs1)c1ccc([N+](=O)[O-])cc1. The molecule has 0 aliphatic rings. The summed E-state index contributed by atoms with van der Waals surface area (Å²) in [7, 11) is 0. The van der Waals surface area contributed by atoms with E-state index in [1.807, 2.05) is 31.2 Å². The number of aromatic nitrogens is 3. The van der Waals surface area contributed by atoms with E-state index in [-0.39, 0.29) is 11.4 Å². The number of hydrogen-bond donors (Lipinski definition) is 2. The lowest BCUT2D eigenvalue weighted by Crippen LogP contribution is -2.36. The summed E-state index contributed by atoms with van der Waals surface area (Å²) in [5, 5.41) is 19.8. The number of nitro groups is 1. The van der Waals surface area contributed by atoms with Crippen molar-refractivity contribution in [2.24, 2.45) is 5.10 Å². The zero-order valence-corrected chi connectivity index (χ0v) is 17.3. The predicted molar refractivity (Wildman–Crippen MR) is 116 cm³/mol. The first kappa shape index (κ1) is 20.2. The lowest BCUT2D eigenvalue weighted by molar-refractivity contribution is -0.660. The van der Waals surface area contributed by atoms with E-state index in [1.54, 1.807) is 24.4 Å². The van der Waals surface area contributed by atoms with Crippen LogP contribution in [0.3, 0.4) is 0 Å². The van der Waals surface area contributed by atoms with Gasteiger partial charge in [-0.2, -0.15) is 5.10 Å². The van der Waals surface area contributed by atoms with Crippen molar-refractivity contribution in [1.29, 1.82) is 0 Å². The van der Waals surface area contributed by atoms with Crippen LogP contribution in [0.15, 0.2) is 68.3 Å². The van der Waals surface area contributed by atoms with Gasteiger partial charge in [-0.3, -0.25) is 20.1 Å². The second-order valence-corrected chi connectivity index (χ2v) is 7.51. The van der Waals surface area contributed by atoms with E-state index in [0.29, 0.717) is 16.5 Å². The van der Waals surface area contributed by atoms with Gasteiger partial charge in [0.15, 0.2) is 5.69 Å². The van der Waals surface area contributed by atoms with Gasteiger partial charge in [0.2, 0.25) is 10.8 Å². The van der Waals surface area contributed by atoms with E-state index in [2.05, 4.69) is 20.8 Å². The average Bonchev–Trinajstić information content (AvgIpc) is 3.39. The summed E-state index contributed by atoms with van der Waals surface area (Å²) in [5.74, 6) is 0. The van der Waals surface area contributed by atoms with Gasteiger partial charge in [0.1, 0.15) is 0 Å². The Morgan fingerprint density at radius 1 is 1.23 bits per heavy atom. The molecule has 0 bridgehead atoms. The summed E-state index contributed by atoms with van der Waals surface area (Å²) >= 11 is 1.28. The number of aromatic amines is 1. The third kappa shape index (κ3) is 4.26. The number of H-pyrrole nitrogens is 1. The van der Waals surface area contributed by atoms with Crippen LogP contribution in [0, 0.1) is 17.0 Å². The van der Waals surface area contributed by atoms with Crippen LogP contribution in [0.1, 0.15) is 18.1 Å². The highest BCUT2D eigenvalue weighted by Gasteiger charge is 2.27. The van der Waals surface area contributed by atoms with Gasteiger partial charge >= 0.3 is 11.3 Å². The largest absolute Gasteiger partial charge is 0.437 e. The Hall–Kier alpha value is -4.12. The maximum atomic E-state index is 12.3. The van der Waals surface area contributed by atoms with Crippen molar-refractivity contribution < 1.29 is 14.1 Å². The van der Waals surface area contributed by atoms with E-state index in [1.165, 1.54) is 28.2 Å². The molecule has 0 unspecified atom stereocenters. The topological polar surface area (TPSA) is 130 Å². The van der Waals surface area contributed by atoms with Crippen molar-refractivity contribution in [3.8, 4) is 17.1 Å². The molecule has 0 amide bonds. The minimum Gasteiger partial charge on any atom is -0.282 e. The Labute approximate surface area is 179 Å². The molecule has 156 valence electrons. The number of aryl methyl sites for hydroxylation is 1. The summed E-state index contributed by atoms with van der Waals surface area (Å²) in [6, 6.07) is 13.7. The van der Waals surface area contributed by atoms with Crippen LogP contribution in [0.25, 0.3) is 17.1 Å². The maximum absolute atomic E-state index is 12.3. The Bertz CT molecular complexity index is 1320. The standard InChI is InChI=1S/C20H16N6O4S/c1-12-3-7-15(8-4-12)25-18(19(27)30-24-25)17-11-31-20(21-17)23-22-13(2)14-5-9-16(10-6-14)26(28)29/h3-11H,1-2H3,(H-,21,23,24,27)/p+1/b22-13+. The first-order valence-electron chi connectivity index (χ1n) is 9.14. The maximum Gasteiger partial charge on any atom is 0.437 e. The lowest BCUT2D eigenvalue weighted by Gasteiger charge is -2.01. The fourth-order valence-corrected chi connectivity index (χ4v) is 3.46. The van der Waals surface area contributed by atoms with Gasteiger partial charge in [-0.1, -0.05) is 17.7 Å². The minimum absolute atomic E-state index is 0.0151. The van der Waals surface area contributed by atoms with Crippen LogP contribution in [0.5, 0.6) is 0 Å². The normalized spacial score (nSPS) is 11.5. The molecule has 10 nitrogen and oxygen atoms in total. The Morgan fingerprint density at radius 2 is 1.94 bits per heavy atom. The molecule has 0 spiro atoms. The molecule has 2 aromatic carbocycles. The molecule has 0 saturated heterocycles. The molecule has 4 rings (SSSR count). The molecule has 0 saturated carbocycles. The minimum atomic E-state index is -0.539. The molecular formula is C20H17N6O4S+. The highest BCUT2D eigenvalue weighted by molar-refractivity contribution is 7.14. The van der Waals surface area contributed by atoms with E-state index < -0.39 is 10.5 Å². The molecule has 2 heterocycles. The van der Waals surface area contributed by atoms with Crippen LogP contribution < -0.4 is 15.7 Å². The van der Waals surface area contributed by atoms with Crippen molar-refractivity contribution in [2.75, 3.05) is 5.43 Å². The number of benzene rings is 2. The predicted octanol–water partition coefficient (Wildman–Crippen LogP) is 3.42. The van der Waals surface area contributed by atoms with Gasteiger partial charge in [-0.15, -0.1) is 11.3 Å². The molecule has 0 atom stereocenters. The second kappa shape index (κ2) is 8.32. The number of hydrazone groups is 1. The van der Waals surface area contributed by atoms with Crippen LogP contribution >= 0.6 is 11.3 Å². The van der Waals surface area contributed by atoms with E-state index in [0.717, 1.165) is 16.8 Å². The molecule has 31 heavy (non-hydrogen) atoms. The molecule has 2 aromatic heterocycles. The molecule has 2 N–H and O–H groups in total. The fraction of sp³-hybridized carbons (Fsp3) is 0.100. The Balaban J connectivity index is 1.56. The van der Waals surface area contributed by atoms with Crippen molar-refractivity contribution in [3.63, 3.8) is 0 Å². The van der Waals surface area contributed by atoms with Gasteiger partial charge in [-0.25, -0.2) is 9.78 Å². The van der Waals surface area contributed by atoms with Crippen LogP contribution in [-0.4, -0.2) is 20.9 Å². The van der Waals surface area contributed by atoms with Crippen molar-refractivity contribution >= 4 is 27.9 Å². The smallest absolute Gasteiger partial charge is 0.282 e. The summed E-state index contributed by atoms with van der Waals surface area (Å²) in [6.45, 7) is 3.75. The number of anilines is 1. The number of nitrogens with one attached hydrogen (secondary N) is 2. The van der Waals surface area contributed by atoms with E-state index >= 15 is 0 Å². The molecule has 0 radical (unpaired) electrons. The van der Waals surface area contributed by atoms with Gasteiger partial charge in [0.05, 0.1) is 10.6 Å². The highest BCUT2D eigenvalue weighted by atomic mass is 32.1. The van der Waals surface area contributed by atoms with Gasteiger partial charge < -0.3 is 0 Å². The number of nitro benzene ring substituents is 1. The first-order chi connectivity index (χ1) is 14.9. The van der Waals surface area contributed by atoms with Gasteiger partial charge in [-0.05, 0) is 41.5 Å². The molecule has 0 fully saturated rings. The van der Waals surface area contributed by atoms with Crippen LogP contribution in [0.2, 0.25) is 0 Å². The van der Waals surface area contributed by atoms with E-state index in [4.69, 9.17) is 4.52 Å². The first-order valence-corrected chi connectivity index (χ1v) is 10.0. The number of rotatable bonds is 6. The Morgan fingerprint density at radius 3 is 2.61 bits per heavy atom. The number of thiazole rings is 1. The molecule has 0 aliphatic heterocycles. The summed E-state index contributed by atoms with van der Waals surface area (Å²) < 4.78 is 6.51. The number of hydrogen-bond acceptors (Lipinski definition) is 8. The highest BCUT2D eigenvalue weighted by Crippen LogP contribution is 2.22. The van der Waals surface area contributed by atoms with E-state index in [9.17, 15) is 14.9 Å². The van der Waals surface area contributed by atoms with Crippen molar-refractivity contribution in [1.82, 2.24) is 10.3 Å². The van der Waals surface area contributed by atoms with Crippen molar-refractivity contribution in [2.45, 2.75) is 13.8 Å². The molecule has 4 aromatic rings. The van der Waals surface area contributed by atoms with Gasteiger partial charge in [0, 0.05) is 29.6 Å². The lowest BCUT2D eigenvalue weighted by atomic mass is 10.1. The number of non-ortho nitro benzene ring substituents is 1. The van der Waals surface area contributed by atoms with Crippen molar-refractivity contribution in [3.05, 3.63) is 85.6 Å². The zero-order valence-electron chi connectivity index (χ0n) is 16.5. The van der Waals surface area contributed by atoms with Crippen LogP contribution in [-0.2, 0) is 0 Å². The van der Waals surface area contributed by atoms with Gasteiger partial charge in [0.25, 0.3) is 5.69 Å². The fourth-order valence-electron chi connectivity index (χ4n) is 2.82. The van der Waals surface area contributed by atoms with Crippen LogP contribution in [0.4, 0.5) is 10.8 Å². The molecular weight excluding hydrogens is 420 g/mol. The summed E-state index contributed by atoms with van der Waals surface area (Å²) in [6.07, 6.45) is 0. The third-order valence-electron chi connectivity index (χ3n) is 4.50. The zero-order chi connectivity index (χ0) is 22.0.